The Kier molecular flexibility index (Phi) is 3.50. The third-order valence-electron chi connectivity index (χ3n) is 7.34. The van der Waals surface area contributed by atoms with E-state index >= 15 is 0 Å². The van der Waals surface area contributed by atoms with E-state index in [0.717, 1.165) is 49.1 Å². The summed E-state index contributed by atoms with van der Waals surface area (Å²) in [5.74, 6) is 3.53. The molecule has 0 saturated heterocycles. The van der Waals surface area contributed by atoms with E-state index in [-0.39, 0.29) is 0 Å². The molecule has 0 aromatic carbocycles. The monoisotopic (exact) mass is 306 g/mol. The van der Waals surface area contributed by atoms with E-state index in [1.54, 1.807) is 0 Å². The molecule has 6 atom stereocenters. The third kappa shape index (κ3) is 2.07. The molecule has 3 fully saturated rings. The Bertz CT molecular complexity index is 486. The summed E-state index contributed by atoms with van der Waals surface area (Å²) >= 11 is 1.12. The molecule has 0 bridgehead atoms. The van der Waals surface area contributed by atoms with Gasteiger partial charge in [0.1, 0.15) is 0 Å². The summed E-state index contributed by atoms with van der Waals surface area (Å²) in [7, 11) is 0. The van der Waals surface area contributed by atoms with Crippen LogP contribution >= 0.6 is 12.0 Å². The Balaban J connectivity index is 1.61. The molecule has 3 saturated carbocycles. The largest absolute Gasteiger partial charge is 0.330 e. The van der Waals surface area contributed by atoms with Crippen LogP contribution in [-0.2, 0) is 4.79 Å². The first-order valence-electron chi connectivity index (χ1n) is 8.67. The summed E-state index contributed by atoms with van der Waals surface area (Å²) in [6.07, 6.45) is 11.4. The van der Waals surface area contributed by atoms with Gasteiger partial charge in [-0.25, -0.2) is 0 Å². The maximum absolute atomic E-state index is 11.7. The van der Waals surface area contributed by atoms with Gasteiger partial charge in [-0.1, -0.05) is 12.5 Å². The van der Waals surface area contributed by atoms with Crippen molar-refractivity contribution in [3.05, 3.63) is 11.6 Å². The first-order valence-corrected chi connectivity index (χ1v) is 9.50. The minimum absolute atomic E-state index is 0.353. The number of hydrogen-bond acceptors (Lipinski definition) is 3. The zero-order valence-electron chi connectivity index (χ0n) is 12.9. The molecular weight excluding hydrogens is 280 g/mol. The second kappa shape index (κ2) is 5.13. The van der Waals surface area contributed by atoms with Crippen LogP contribution in [0.5, 0.6) is 0 Å². The van der Waals surface area contributed by atoms with Crippen LogP contribution in [0.1, 0.15) is 58.3 Å². The second-order valence-corrected chi connectivity index (χ2v) is 8.80. The molecule has 21 heavy (non-hydrogen) atoms. The van der Waals surface area contributed by atoms with Crippen molar-refractivity contribution in [2.75, 3.05) is 0 Å². The summed E-state index contributed by atoms with van der Waals surface area (Å²) in [4.78, 5) is 11.7. The van der Waals surface area contributed by atoms with Crippen molar-refractivity contribution in [2.24, 2.45) is 29.1 Å². The van der Waals surface area contributed by atoms with Crippen molar-refractivity contribution in [3.8, 4) is 0 Å². The Morgan fingerprint density at radius 2 is 2.00 bits per heavy atom. The molecule has 0 radical (unpaired) electrons. The van der Waals surface area contributed by atoms with Gasteiger partial charge in [-0.05, 0) is 92.2 Å². The van der Waals surface area contributed by atoms with Crippen LogP contribution in [0.15, 0.2) is 11.6 Å². The van der Waals surface area contributed by atoms with Gasteiger partial charge in [-0.3, -0.25) is 4.79 Å². The van der Waals surface area contributed by atoms with Crippen LogP contribution in [0.3, 0.4) is 0 Å². The highest BCUT2D eigenvalue weighted by molar-refractivity contribution is 7.94. The third-order valence-corrected chi connectivity index (χ3v) is 8.37. The number of carbonyl (C=O) groups excluding carboxylic acids is 1. The SMILES string of the molecule is C[C@]12CC[C@H]3[C@@H](CCC4=CC(=O)CC[C@@H]43)[C@@H]1CCC2SO. The number of allylic oxidation sites excluding steroid dienone is 1. The van der Waals surface area contributed by atoms with Gasteiger partial charge in [-0.2, -0.15) is 0 Å². The van der Waals surface area contributed by atoms with Crippen molar-refractivity contribution in [1.29, 1.82) is 0 Å². The fourth-order valence-electron chi connectivity index (χ4n) is 6.31. The molecule has 4 aliphatic carbocycles. The van der Waals surface area contributed by atoms with Crippen LogP contribution < -0.4 is 0 Å². The molecule has 2 nitrogen and oxygen atoms in total. The number of ketones is 1. The molecule has 1 unspecified atom stereocenters. The normalized spacial score (nSPS) is 49.1. The molecule has 0 aliphatic heterocycles. The Labute approximate surface area is 132 Å². The lowest BCUT2D eigenvalue weighted by atomic mass is 9.52. The molecule has 1 N–H and O–H groups in total. The average molecular weight is 306 g/mol. The van der Waals surface area contributed by atoms with Crippen molar-refractivity contribution in [2.45, 2.75) is 63.5 Å². The van der Waals surface area contributed by atoms with Gasteiger partial charge in [-0.15, -0.1) is 0 Å². The lowest BCUT2D eigenvalue weighted by Crippen LogP contribution is -2.47. The van der Waals surface area contributed by atoms with E-state index in [0.29, 0.717) is 22.4 Å². The smallest absolute Gasteiger partial charge is 0.155 e. The van der Waals surface area contributed by atoms with E-state index in [2.05, 4.69) is 6.92 Å². The molecule has 4 aliphatic rings. The summed E-state index contributed by atoms with van der Waals surface area (Å²) in [5.41, 5.74) is 1.83. The van der Waals surface area contributed by atoms with E-state index in [1.807, 2.05) is 6.08 Å². The van der Waals surface area contributed by atoms with Crippen LogP contribution in [0, 0.1) is 29.1 Å². The van der Waals surface area contributed by atoms with Gasteiger partial charge in [0.2, 0.25) is 0 Å². The van der Waals surface area contributed by atoms with Gasteiger partial charge in [0, 0.05) is 11.7 Å². The summed E-state index contributed by atoms with van der Waals surface area (Å²) in [5, 5.41) is 0.452. The predicted octanol–water partition coefficient (Wildman–Crippen LogP) is 4.70. The van der Waals surface area contributed by atoms with Crippen LogP contribution in [0.2, 0.25) is 0 Å². The highest BCUT2D eigenvalue weighted by Crippen LogP contribution is 2.63. The van der Waals surface area contributed by atoms with E-state index in [9.17, 15) is 9.35 Å². The molecule has 116 valence electrons. The topological polar surface area (TPSA) is 37.3 Å². The zero-order valence-corrected chi connectivity index (χ0v) is 13.7. The minimum atomic E-state index is 0.353. The van der Waals surface area contributed by atoms with E-state index in [4.69, 9.17) is 0 Å². The number of rotatable bonds is 1. The molecule has 0 aromatic rings. The highest BCUT2D eigenvalue weighted by atomic mass is 32.2. The van der Waals surface area contributed by atoms with Crippen molar-refractivity contribution >= 4 is 17.8 Å². The molecular formula is C18H26O2S. The Hall–Kier alpha value is -0.280. The molecule has 0 spiro atoms. The minimum Gasteiger partial charge on any atom is -0.330 e. The molecule has 0 heterocycles. The van der Waals surface area contributed by atoms with Gasteiger partial charge < -0.3 is 4.55 Å². The van der Waals surface area contributed by atoms with Gasteiger partial charge in [0.25, 0.3) is 0 Å². The first-order chi connectivity index (χ1) is 10.1. The maximum atomic E-state index is 11.7. The highest BCUT2D eigenvalue weighted by Gasteiger charge is 2.56. The number of hydrogen-bond donors (Lipinski definition) is 1. The van der Waals surface area contributed by atoms with Gasteiger partial charge in [0.15, 0.2) is 5.78 Å². The molecule has 4 rings (SSSR count). The average Bonchev–Trinajstić information content (AvgIpc) is 2.83. The Morgan fingerprint density at radius 1 is 1.14 bits per heavy atom. The Morgan fingerprint density at radius 3 is 2.81 bits per heavy atom. The van der Waals surface area contributed by atoms with Crippen molar-refractivity contribution in [1.82, 2.24) is 0 Å². The molecule has 0 aromatic heterocycles. The van der Waals surface area contributed by atoms with E-state index in [1.165, 1.54) is 37.7 Å². The molecule has 0 amide bonds. The quantitative estimate of drug-likeness (QED) is 0.713. The lowest BCUT2D eigenvalue weighted by Gasteiger charge is -2.53. The second-order valence-electron chi connectivity index (χ2n) is 8.02. The number of carbonyl (C=O) groups is 1. The van der Waals surface area contributed by atoms with Crippen molar-refractivity contribution in [3.63, 3.8) is 0 Å². The van der Waals surface area contributed by atoms with Crippen LogP contribution in [0.4, 0.5) is 0 Å². The maximum Gasteiger partial charge on any atom is 0.155 e. The van der Waals surface area contributed by atoms with Gasteiger partial charge in [0.05, 0.1) is 0 Å². The lowest BCUT2D eigenvalue weighted by molar-refractivity contribution is -0.116. The molecule has 3 heteroatoms. The van der Waals surface area contributed by atoms with Crippen LogP contribution in [-0.4, -0.2) is 15.6 Å². The van der Waals surface area contributed by atoms with Crippen LogP contribution in [0.25, 0.3) is 0 Å². The fraction of sp³-hybridized carbons (Fsp3) is 0.833. The summed E-state index contributed by atoms with van der Waals surface area (Å²) in [6, 6.07) is 0. The zero-order chi connectivity index (χ0) is 14.6. The fourth-order valence-corrected chi connectivity index (χ4v) is 7.08. The predicted molar refractivity (Wildman–Crippen MR) is 86.1 cm³/mol. The standard InChI is InChI=1S/C18H26O2S/c1-18-9-8-14-13-5-3-12(19)10-11(13)2-4-15(14)16(18)6-7-17(18)21-20/h10,13-17,20H,2-9H2,1H3/t13-,14+,15+,16-,17?,18-/m0/s1. The van der Waals surface area contributed by atoms with Gasteiger partial charge >= 0.3 is 0 Å². The van der Waals surface area contributed by atoms with Crippen molar-refractivity contribution < 1.29 is 9.35 Å². The summed E-state index contributed by atoms with van der Waals surface area (Å²) in [6.45, 7) is 2.44. The first kappa shape index (κ1) is 14.3. The number of fused-ring (bicyclic) bond motifs is 5. The summed E-state index contributed by atoms with van der Waals surface area (Å²) < 4.78 is 9.65. The van der Waals surface area contributed by atoms with E-state index < -0.39 is 0 Å².